The molecule has 1 aromatic heterocycles. The molecule has 6 nitrogen and oxygen atoms in total. The molecule has 0 saturated heterocycles. The first kappa shape index (κ1) is 15.2. The smallest absolute Gasteiger partial charge is 0.316 e. The highest BCUT2D eigenvalue weighted by atomic mass is 32.2. The number of H-pyrrole nitrogens is 1. The Hall–Kier alpha value is -1.81. The summed E-state index contributed by atoms with van der Waals surface area (Å²) >= 11 is 1.09. The van der Waals surface area contributed by atoms with Gasteiger partial charge in [-0.15, -0.1) is 0 Å². The van der Waals surface area contributed by atoms with Crippen LogP contribution in [0.3, 0.4) is 0 Å². The number of aryl methyl sites for hydroxylation is 1. The number of carbonyl (C=O) groups excluding carboxylic acids is 1. The molecular formula is C12H15N3O3S. The summed E-state index contributed by atoms with van der Waals surface area (Å²) in [6.07, 6.45) is 1.25. The van der Waals surface area contributed by atoms with Gasteiger partial charge in [-0.3, -0.25) is 9.59 Å². The number of nitrogens with zero attached hydrogens (tertiary/aromatic N) is 2. The van der Waals surface area contributed by atoms with Crippen LogP contribution in [0.4, 0.5) is 0 Å². The maximum atomic E-state index is 11.6. The zero-order valence-electron chi connectivity index (χ0n) is 10.9. The van der Waals surface area contributed by atoms with Crippen molar-refractivity contribution in [2.45, 2.75) is 31.8 Å². The lowest BCUT2D eigenvalue weighted by Gasteiger charge is -2.04. The number of hydrogen-bond acceptors (Lipinski definition) is 6. The van der Waals surface area contributed by atoms with E-state index >= 15 is 0 Å². The number of nitriles is 1. The molecule has 0 unspecified atom stereocenters. The van der Waals surface area contributed by atoms with Crippen LogP contribution in [0.2, 0.25) is 0 Å². The van der Waals surface area contributed by atoms with E-state index in [-0.39, 0.29) is 17.3 Å². The first-order valence-corrected chi connectivity index (χ1v) is 6.92. The van der Waals surface area contributed by atoms with E-state index in [0.717, 1.165) is 18.2 Å². The van der Waals surface area contributed by atoms with Crippen LogP contribution in [0.25, 0.3) is 0 Å². The van der Waals surface area contributed by atoms with E-state index < -0.39 is 5.56 Å². The largest absolute Gasteiger partial charge is 0.465 e. The van der Waals surface area contributed by atoms with E-state index in [2.05, 4.69) is 9.97 Å². The maximum absolute atomic E-state index is 11.6. The van der Waals surface area contributed by atoms with Crippen molar-refractivity contribution in [2.24, 2.45) is 0 Å². The molecule has 0 amide bonds. The second kappa shape index (κ2) is 7.59. The quantitative estimate of drug-likeness (QED) is 0.479. The Balaban J connectivity index is 2.76. The molecule has 0 aliphatic rings. The Morgan fingerprint density at radius 2 is 2.26 bits per heavy atom. The molecule has 0 saturated carbocycles. The van der Waals surface area contributed by atoms with Crippen molar-refractivity contribution in [3.63, 3.8) is 0 Å². The number of hydrogen-bond donors (Lipinski definition) is 1. The highest BCUT2D eigenvalue weighted by Crippen LogP contribution is 2.13. The van der Waals surface area contributed by atoms with E-state index in [9.17, 15) is 9.59 Å². The van der Waals surface area contributed by atoms with Gasteiger partial charge in [0.25, 0.3) is 5.56 Å². The molecule has 102 valence electrons. The lowest BCUT2D eigenvalue weighted by molar-refractivity contribution is -0.140. The number of thioether (sulfide) groups is 1. The van der Waals surface area contributed by atoms with E-state index in [0.29, 0.717) is 23.9 Å². The fourth-order valence-electron chi connectivity index (χ4n) is 1.32. The first-order chi connectivity index (χ1) is 9.12. The minimum atomic E-state index is -0.473. The summed E-state index contributed by atoms with van der Waals surface area (Å²) in [5, 5.41) is 9.17. The number of aromatic nitrogens is 2. The maximum Gasteiger partial charge on any atom is 0.316 e. The predicted octanol–water partition coefficient (Wildman–Crippen LogP) is 1.25. The predicted molar refractivity (Wildman–Crippen MR) is 70.9 cm³/mol. The molecule has 0 bridgehead atoms. The number of rotatable bonds is 6. The van der Waals surface area contributed by atoms with Crippen LogP contribution in [0.1, 0.15) is 31.5 Å². The van der Waals surface area contributed by atoms with Crippen molar-refractivity contribution in [3.05, 3.63) is 21.6 Å². The molecule has 0 spiro atoms. The van der Waals surface area contributed by atoms with Gasteiger partial charge in [0, 0.05) is 0 Å². The molecule has 1 N–H and O–H groups in total. The highest BCUT2D eigenvalue weighted by molar-refractivity contribution is 7.99. The standard InChI is InChI=1S/C12H15N3O3S/c1-3-5-18-10(16)7-19-12-14-9(4-2)8(6-13)11(17)15-12/h3-5,7H2,1-2H3,(H,14,15,17). The van der Waals surface area contributed by atoms with Gasteiger partial charge in [-0.1, -0.05) is 25.6 Å². The van der Waals surface area contributed by atoms with Gasteiger partial charge in [-0.05, 0) is 12.8 Å². The van der Waals surface area contributed by atoms with Gasteiger partial charge < -0.3 is 9.72 Å². The van der Waals surface area contributed by atoms with Crippen molar-refractivity contribution in [1.82, 2.24) is 9.97 Å². The molecule has 0 fully saturated rings. The molecular weight excluding hydrogens is 266 g/mol. The molecule has 0 atom stereocenters. The molecule has 1 heterocycles. The zero-order chi connectivity index (χ0) is 14.3. The van der Waals surface area contributed by atoms with Gasteiger partial charge in [0.1, 0.15) is 11.6 Å². The summed E-state index contributed by atoms with van der Waals surface area (Å²) in [5.41, 5.74) is -0.00476. The van der Waals surface area contributed by atoms with Crippen LogP contribution >= 0.6 is 11.8 Å². The third kappa shape index (κ3) is 4.41. The SMILES string of the molecule is CCCOC(=O)CSc1nc(CC)c(C#N)c(=O)[nH]1. The Morgan fingerprint density at radius 3 is 2.84 bits per heavy atom. The van der Waals surface area contributed by atoms with Crippen LogP contribution in [0, 0.1) is 11.3 Å². The second-order valence-electron chi connectivity index (χ2n) is 3.67. The van der Waals surface area contributed by atoms with E-state index in [1.807, 2.05) is 19.9 Å². The Morgan fingerprint density at radius 1 is 1.53 bits per heavy atom. The van der Waals surface area contributed by atoms with Crippen molar-refractivity contribution in [3.8, 4) is 6.07 Å². The Bertz CT molecular complexity index is 548. The molecule has 0 aromatic carbocycles. The summed E-state index contributed by atoms with van der Waals surface area (Å²) in [6, 6.07) is 1.83. The third-order valence-corrected chi connectivity index (χ3v) is 3.06. The summed E-state index contributed by atoms with van der Waals surface area (Å²) in [4.78, 5) is 29.6. The van der Waals surface area contributed by atoms with E-state index in [1.54, 1.807) is 0 Å². The van der Waals surface area contributed by atoms with Gasteiger partial charge in [-0.2, -0.15) is 5.26 Å². The number of esters is 1. The average Bonchev–Trinajstić information content (AvgIpc) is 2.42. The summed E-state index contributed by atoms with van der Waals surface area (Å²) in [6.45, 7) is 4.11. The number of carbonyl (C=O) groups is 1. The highest BCUT2D eigenvalue weighted by Gasteiger charge is 2.11. The summed E-state index contributed by atoms with van der Waals surface area (Å²) in [5.74, 6) is -0.269. The molecule has 7 heteroatoms. The van der Waals surface area contributed by atoms with Crippen molar-refractivity contribution in [2.75, 3.05) is 12.4 Å². The fourth-order valence-corrected chi connectivity index (χ4v) is 2.00. The van der Waals surface area contributed by atoms with Gasteiger partial charge in [-0.25, -0.2) is 4.98 Å². The summed E-state index contributed by atoms with van der Waals surface area (Å²) < 4.78 is 4.91. The lowest BCUT2D eigenvalue weighted by atomic mass is 10.2. The van der Waals surface area contributed by atoms with Crippen LogP contribution in [0.5, 0.6) is 0 Å². The van der Waals surface area contributed by atoms with Crippen LogP contribution in [0.15, 0.2) is 9.95 Å². The van der Waals surface area contributed by atoms with Gasteiger partial charge in [0.2, 0.25) is 0 Å². The number of aromatic amines is 1. The van der Waals surface area contributed by atoms with Crippen LogP contribution in [-0.2, 0) is 16.0 Å². The van der Waals surface area contributed by atoms with E-state index in [4.69, 9.17) is 10.00 Å². The lowest BCUT2D eigenvalue weighted by Crippen LogP contribution is -2.17. The minimum absolute atomic E-state index is 0.0282. The van der Waals surface area contributed by atoms with Crippen LogP contribution < -0.4 is 5.56 Å². The third-order valence-electron chi connectivity index (χ3n) is 2.21. The van der Waals surface area contributed by atoms with E-state index in [1.165, 1.54) is 0 Å². The van der Waals surface area contributed by atoms with Crippen LogP contribution in [-0.4, -0.2) is 28.3 Å². The van der Waals surface area contributed by atoms with Gasteiger partial charge >= 0.3 is 5.97 Å². The number of nitrogens with one attached hydrogen (secondary N) is 1. The van der Waals surface area contributed by atoms with Crippen molar-refractivity contribution >= 4 is 17.7 Å². The minimum Gasteiger partial charge on any atom is -0.465 e. The second-order valence-corrected chi connectivity index (χ2v) is 4.63. The summed E-state index contributed by atoms with van der Waals surface area (Å²) in [7, 11) is 0. The zero-order valence-corrected chi connectivity index (χ0v) is 11.7. The monoisotopic (exact) mass is 281 g/mol. The normalized spacial score (nSPS) is 9.95. The molecule has 0 aliphatic carbocycles. The first-order valence-electron chi connectivity index (χ1n) is 5.94. The van der Waals surface area contributed by atoms with Crippen molar-refractivity contribution < 1.29 is 9.53 Å². The van der Waals surface area contributed by atoms with Crippen molar-refractivity contribution in [1.29, 1.82) is 5.26 Å². The Kier molecular flexibility index (Phi) is 6.09. The van der Waals surface area contributed by atoms with Gasteiger partial charge in [0.15, 0.2) is 5.16 Å². The number of ether oxygens (including phenoxy) is 1. The molecule has 1 aromatic rings. The fraction of sp³-hybridized carbons (Fsp3) is 0.500. The molecule has 19 heavy (non-hydrogen) atoms. The molecule has 0 radical (unpaired) electrons. The average molecular weight is 281 g/mol. The van der Waals surface area contributed by atoms with Gasteiger partial charge in [0.05, 0.1) is 18.1 Å². The topological polar surface area (TPSA) is 95.8 Å². The molecule has 1 rings (SSSR count). The Labute approximate surface area is 115 Å². The molecule has 0 aliphatic heterocycles.